The molecule has 0 aliphatic heterocycles. The molecule has 29 heavy (non-hydrogen) atoms. The Hall–Kier alpha value is -1.21. The molecule has 0 nitrogen and oxygen atoms in total. The molecule has 0 amide bonds. The third-order valence-electron chi connectivity index (χ3n) is 3.76. The van der Waals surface area contributed by atoms with Crippen molar-refractivity contribution in [1.29, 1.82) is 0 Å². The molecule has 0 spiro atoms. The summed E-state index contributed by atoms with van der Waals surface area (Å²) in [6, 6.07) is 17.2. The molecule has 2 aromatic carbocycles. The summed E-state index contributed by atoms with van der Waals surface area (Å²) in [7, 11) is 0. The Bertz CT molecular complexity index is 544. The fourth-order valence-corrected chi connectivity index (χ4v) is 2.37. The van der Waals surface area contributed by atoms with Gasteiger partial charge < -0.3 is 0 Å². The second kappa shape index (κ2) is 21.5. The van der Waals surface area contributed by atoms with E-state index in [0.717, 1.165) is 4.90 Å². The molecule has 2 aromatic rings. The predicted molar refractivity (Wildman–Crippen MR) is 141 cm³/mol. The second-order valence-corrected chi connectivity index (χ2v) is 7.98. The Morgan fingerprint density at radius 2 is 1.03 bits per heavy atom. The van der Waals surface area contributed by atoms with Gasteiger partial charge in [0.05, 0.1) is 0 Å². The molecule has 0 N–H and O–H groups in total. The van der Waals surface area contributed by atoms with Crippen LogP contribution in [0.15, 0.2) is 53.4 Å². The van der Waals surface area contributed by atoms with Crippen molar-refractivity contribution in [3.8, 4) is 0 Å². The van der Waals surface area contributed by atoms with E-state index in [4.69, 9.17) is 0 Å². The van der Waals surface area contributed by atoms with Crippen molar-refractivity contribution in [2.24, 2.45) is 5.41 Å². The van der Waals surface area contributed by atoms with Crippen LogP contribution in [0.4, 0.5) is 0 Å². The SMILES string of the molecule is CC.CC.CC.CCCc1ccc(S)cc1.Cc1ccc(CCC(C)(C)C)cc1. The average Bonchev–Trinajstić information content (AvgIpc) is 2.74. The first-order valence-corrected chi connectivity index (χ1v) is 12.1. The number of aryl methyl sites for hydroxylation is 3. The number of benzene rings is 2. The lowest BCUT2D eigenvalue weighted by Crippen LogP contribution is -2.06. The van der Waals surface area contributed by atoms with E-state index < -0.39 is 0 Å². The molecule has 0 aliphatic carbocycles. The van der Waals surface area contributed by atoms with E-state index in [-0.39, 0.29) is 0 Å². The number of thiol groups is 1. The van der Waals surface area contributed by atoms with Crippen LogP contribution < -0.4 is 0 Å². The molecule has 0 aliphatic rings. The van der Waals surface area contributed by atoms with Crippen LogP contribution in [-0.2, 0) is 12.8 Å². The van der Waals surface area contributed by atoms with E-state index in [9.17, 15) is 0 Å². The molecule has 1 heteroatoms. The summed E-state index contributed by atoms with van der Waals surface area (Å²) in [6.07, 6.45) is 4.85. The highest BCUT2D eigenvalue weighted by atomic mass is 32.1. The van der Waals surface area contributed by atoms with Crippen molar-refractivity contribution in [3.63, 3.8) is 0 Å². The molecule has 0 atom stereocenters. The van der Waals surface area contributed by atoms with Crippen LogP contribution in [0.5, 0.6) is 0 Å². The van der Waals surface area contributed by atoms with Gasteiger partial charge in [0.15, 0.2) is 0 Å². The third kappa shape index (κ3) is 21.3. The highest BCUT2D eigenvalue weighted by Crippen LogP contribution is 2.21. The summed E-state index contributed by atoms with van der Waals surface area (Å²) in [5.41, 5.74) is 4.66. The Kier molecular flexibility index (Phi) is 24.1. The summed E-state index contributed by atoms with van der Waals surface area (Å²) in [5, 5.41) is 0. The van der Waals surface area contributed by atoms with Crippen molar-refractivity contribution in [1.82, 2.24) is 0 Å². The van der Waals surface area contributed by atoms with Gasteiger partial charge in [-0.25, -0.2) is 0 Å². The van der Waals surface area contributed by atoms with E-state index in [1.54, 1.807) is 0 Å². The molecule has 2 rings (SSSR count). The zero-order valence-electron chi connectivity index (χ0n) is 21.4. The third-order valence-corrected chi connectivity index (χ3v) is 4.06. The molecule has 0 fully saturated rings. The van der Waals surface area contributed by atoms with Crippen LogP contribution in [0.1, 0.15) is 98.8 Å². The zero-order valence-corrected chi connectivity index (χ0v) is 22.3. The van der Waals surface area contributed by atoms with Crippen molar-refractivity contribution in [2.45, 2.75) is 107 Å². The first kappa shape index (κ1) is 32.5. The topological polar surface area (TPSA) is 0 Å². The van der Waals surface area contributed by atoms with Gasteiger partial charge in [0.1, 0.15) is 0 Å². The van der Waals surface area contributed by atoms with Gasteiger partial charge in [0.2, 0.25) is 0 Å². The Morgan fingerprint density at radius 3 is 1.41 bits per heavy atom. The van der Waals surface area contributed by atoms with Crippen LogP contribution in [0.3, 0.4) is 0 Å². The van der Waals surface area contributed by atoms with Crippen LogP contribution >= 0.6 is 12.6 Å². The molecule has 0 radical (unpaired) electrons. The Morgan fingerprint density at radius 1 is 0.655 bits per heavy atom. The van der Waals surface area contributed by atoms with Crippen molar-refractivity contribution < 1.29 is 0 Å². The Labute approximate surface area is 190 Å². The maximum absolute atomic E-state index is 4.20. The van der Waals surface area contributed by atoms with Gasteiger partial charge in [-0.05, 0) is 54.9 Å². The predicted octanol–water partition coefficient (Wildman–Crippen LogP) is 9.98. The molecule has 0 aromatic heterocycles. The molecule has 0 unspecified atom stereocenters. The van der Waals surface area contributed by atoms with Crippen LogP contribution in [-0.4, -0.2) is 0 Å². The molecule has 0 saturated carbocycles. The Balaban J connectivity index is -0.000000377. The first-order chi connectivity index (χ1) is 13.8. The van der Waals surface area contributed by atoms with Crippen LogP contribution in [0.2, 0.25) is 0 Å². The lowest BCUT2D eigenvalue weighted by atomic mass is 9.88. The number of rotatable bonds is 4. The lowest BCUT2D eigenvalue weighted by Gasteiger charge is -2.17. The summed E-state index contributed by atoms with van der Waals surface area (Å²) < 4.78 is 0. The molecule has 168 valence electrons. The quantitative estimate of drug-likeness (QED) is 0.469. The fraction of sp³-hybridized carbons (Fsp3) is 0.571. The van der Waals surface area contributed by atoms with E-state index in [1.165, 1.54) is 42.4 Å². The van der Waals surface area contributed by atoms with Crippen molar-refractivity contribution in [2.75, 3.05) is 0 Å². The monoisotopic (exact) mass is 418 g/mol. The first-order valence-electron chi connectivity index (χ1n) is 11.6. The van der Waals surface area contributed by atoms with Gasteiger partial charge in [-0.3, -0.25) is 0 Å². The highest BCUT2D eigenvalue weighted by molar-refractivity contribution is 7.80. The second-order valence-electron chi connectivity index (χ2n) is 7.46. The zero-order chi connectivity index (χ0) is 23.3. The summed E-state index contributed by atoms with van der Waals surface area (Å²) in [5.74, 6) is 0. The van der Waals surface area contributed by atoms with Crippen LogP contribution in [0, 0.1) is 12.3 Å². The lowest BCUT2D eigenvalue weighted by molar-refractivity contribution is 0.378. The fourth-order valence-electron chi connectivity index (χ4n) is 2.23. The smallest absolute Gasteiger partial charge is 0.00401 e. The minimum absolute atomic E-state index is 0.449. The normalized spacial score (nSPS) is 9.24. The van der Waals surface area contributed by atoms with E-state index >= 15 is 0 Å². The highest BCUT2D eigenvalue weighted by Gasteiger charge is 2.09. The molecular formula is C28H50S. The average molecular weight is 419 g/mol. The van der Waals surface area contributed by atoms with Crippen LogP contribution in [0.25, 0.3) is 0 Å². The van der Waals surface area contributed by atoms with Gasteiger partial charge in [-0.2, -0.15) is 0 Å². The minimum atomic E-state index is 0.449. The van der Waals surface area contributed by atoms with Crippen molar-refractivity contribution >= 4 is 12.6 Å². The molecule has 0 bridgehead atoms. The van der Waals surface area contributed by atoms with Gasteiger partial charge in [-0.1, -0.05) is 118 Å². The summed E-state index contributed by atoms with van der Waals surface area (Å²) >= 11 is 4.20. The molecular weight excluding hydrogens is 368 g/mol. The standard InChI is InChI=1S/C13H20.C9H12S.3C2H6/c1-11-5-7-12(8-6-11)9-10-13(2,3)4;1-2-3-8-4-6-9(10)7-5-8;3*1-2/h5-8H,9-10H2,1-4H3;4-7,10H,2-3H2,1H3;3*1-2H3. The van der Waals surface area contributed by atoms with Gasteiger partial charge >= 0.3 is 0 Å². The van der Waals surface area contributed by atoms with Gasteiger partial charge in [0.25, 0.3) is 0 Å². The van der Waals surface area contributed by atoms with E-state index in [0.29, 0.717) is 5.41 Å². The maximum Gasteiger partial charge on any atom is 0.00401 e. The number of hydrogen-bond acceptors (Lipinski definition) is 1. The molecule has 0 saturated heterocycles. The molecule has 0 heterocycles. The summed E-state index contributed by atoms with van der Waals surface area (Å²) in [6.45, 7) is 23.2. The van der Waals surface area contributed by atoms with Crippen molar-refractivity contribution in [3.05, 3.63) is 65.2 Å². The van der Waals surface area contributed by atoms with Gasteiger partial charge in [-0.15, -0.1) is 12.6 Å². The maximum atomic E-state index is 4.20. The largest absolute Gasteiger partial charge is 0.143 e. The van der Waals surface area contributed by atoms with E-state index in [1.807, 2.05) is 53.7 Å². The number of hydrogen-bond donors (Lipinski definition) is 1. The van der Waals surface area contributed by atoms with E-state index in [2.05, 4.69) is 83.6 Å². The minimum Gasteiger partial charge on any atom is -0.143 e. The summed E-state index contributed by atoms with van der Waals surface area (Å²) in [4.78, 5) is 1.04. The van der Waals surface area contributed by atoms with Gasteiger partial charge in [0, 0.05) is 4.90 Å².